The Kier molecular flexibility index (Phi) is 4.49. The molecule has 0 fully saturated rings. The van der Waals surface area contributed by atoms with Crippen molar-refractivity contribution in [1.29, 1.82) is 0 Å². The van der Waals surface area contributed by atoms with Crippen molar-refractivity contribution in [1.82, 2.24) is 19.1 Å². The fourth-order valence-corrected chi connectivity index (χ4v) is 5.66. The van der Waals surface area contributed by atoms with E-state index >= 15 is 0 Å². The summed E-state index contributed by atoms with van der Waals surface area (Å²) in [6, 6.07) is 44.6. The van der Waals surface area contributed by atoms with Gasteiger partial charge in [-0.25, -0.2) is 4.98 Å². The number of para-hydroxylation sites is 2. The average molecular weight is 487 g/mol. The van der Waals surface area contributed by atoms with Crippen LogP contribution in [0.1, 0.15) is 0 Å². The van der Waals surface area contributed by atoms with Crippen LogP contribution in [0.4, 0.5) is 0 Å². The minimum Gasteiger partial charge on any atom is -0.306 e. The van der Waals surface area contributed by atoms with Crippen LogP contribution in [0.2, 0.25) is 0 Å². The van der Waals surface area contributed by atoms with Crippen LogP contribution in [-0.4, -0.2) is 19.1 Å². The standard InChI is InChI=1S/C34H22N4/c1-3-10-23(11-4-1)24-17-19-26(20-18-24)37-30-16-9-21-35-32(30)33-31(37)22-28-27-14-7-8-15-29(27)38(34(28)36-33)25-12-5-2-6-13-25/h1-22H. The summed E-state index contributed by atoms with van der Waals surface area (Å²) in [5.74, 6) is 0. The summed E-state index contributed by atoms with van der Waals surface area (Å²) in [6.45, 7) is 0. The fraction of sp³-hybridized carbons (Fsp3) is 0. The first kappa shape index (κ1) is 20.9. The third kappa shape index (κ3) is 3.04. The fourth-order valence-electron chi connectivity index (χ4n) is 5.66. The lowest BCUT2D eigenvalue weighted by atomic mass is 10.1. The van der Waals surface area contributed by atoms with E-state index in [0.29, 0.717) is 0 Å². The Morgan fingerprint density at radius 3 is 1.92 bits per heavy atom. The van der Waals surface area contributed by atoms with Crippen LogP contribution < -0.4 is 0 Å². The van der Waals surface area contributed by atoms with Crippen molar-refractivity contribution in [3.63, 3.8) is 0 Å². The first-order chi connectivity index (χ1) is 18.9. The van der Waals surface area contributed by atoms with Gasteiger partial charge in [0.05, 0.1) is 16.6 Å². The Bertz CT molecular complexity index is 2100. The van der Waals surface area contributed by atoms with Gasteiger partial charge < -0.3 is 4.57 Å². The van der Waals surface area contributed by atoms with Gasteiger partial charge in [0, 0.05) is 28.3 Å². The molecule has 178 valence electrons. The summed E-state index contributed by atoms with van der Waals surface area (Å²) >= 11 is 0. The Labute approximate surface area is 219 Å². The van der Waals surface area contributed by atoms with Gasteiger partial charge in [-0.2, -0.15) is 0 Å². The Morgan fingerprint density at radius 2 is 1.11 bits per heavy atom. The third-order valence-corrected chi connectivity index (χ3v) is 7.37. The molecule has 0 spiro atoms. The molecular weight excluding hydrogens is 464 g/mol. The van der Waals surface area contributed by atoms with E-state index in [-0.39, 0.29) is 0 Å². The highest BCUT2D eigenvalue weighted by atomic mass is 15.1. The smallest absolute Gasteiger partial charge is 0.146 e. The second-order valence-corrected chi connectivity index (χ2v) is 9.53. The zero-order valence-corrected chi connectivity index (χ0v) is 20.5. The highest BCUT2D eigenvalue weighted by Gasteiger charge is 2.20. The molecule has 8 rings (SSSR count). The molecule has 8 aromatic rings. The molecule has 0 saturated carbocycles. The molecule has 0 aliphatic carbocycles. The lowest BCUT2D eigenvalue weighted by Crippen LogP contribution is -1.96. The van der Waals surface area contributed by atoms with E-state index in [1.54, 1.807) is 0 Å². The van der Waals surface area contributed by atoms with Crippen molar-refractivity contribution in [2.45, 2.75) is 0 Å². The molecule has 0 aliphatic rings. The Hall–Kier alpha value is -5.22. The Morgan fingerprint density at radius 1 is 0.447 bits per heavy atom. The number of aromatic nitrogens is 4. The largest absolute Gasteiger partial charge is 0.306 e. The van der Waals surface area contributed by atoms with Crippen LogP contribution >= 0.6 is 0 Å². The molecule has 0 saturated heterocycles. The minimum absolute atomic E-state index is 0.903. The molecule has 0 radical (unpaired) electrons. The van der Waals surface area contributed by atoms with E-state index in [9.17, 15) is 0 Å². The van der Waals surface area contributed by atoms with Crippen molar-refractivity contribution in [3.8, 4) is 22.5 Å². The summed E-state index contributed by atoms with van der Waals surface area (Å²) in [4.78, 5) is 10.1. The summed E-state index contributed by atoms with van der Waals surface area (Å²) in [7, 11) is 0. The highest BCUT2D eigenvalue weighted by molar-refractivity contribution is 6.15. The zero-order valence-electron chi connectivity index (χ0n) is 20.5. The van der Waals surface area contributed by atoms with E-state index in [1.807, 2.05) is 24.4 Å². The Balaban J connectivity index is 1.44. The second kappa shape index (κ2) is 8.15. The second-order valence-electron chi connectivity index (χ2n) is 9.53. The average Bonchev–Trinajstić information content (AvgIpc) is 3.49. The number of pyridine rings is 2. The van der Waals surface area contributed by atoms with Crippen molar-refractivity contribution in [3.05, 3.63) is 134 Å². The quantitative estimate of drug-likeness (QED) is 0.252. The van der Waals surface area contributed by atoms with E-state index < -0.39 is 0 Å². The monoisotopic (exact) mass is 486 g/mol. The van der Waals surface area contributed by atoms with Crippen molar-refractivity contribution >= 4 is 44.0 Å². The zero-order chi connectivity index (χ0) is 25.1. The van der Waals surface area contributed by atoms with Gasteiger partial charge in [0.2, 0.25) is 0 Å². The number of hydrogen-bond donors (Lipinski definition) is 0. The maximum atomic E-state index is 5.31. The van der Waals surface area contributed by atoms with Gasteiger partial charge >= 0.3 is 0 Å². The highest BCUT2D eigenvalue weighted by Crippen LogP contribution is 2.37. The third-order valence-electron chi connectivity index (χ3n) is 7.37. The molecule has 0 amide bonds. The number of hydrogen-bond acceptors (Lipinski definition) is 2. The predicted octanol–water partition coefficient (Wildman–Crippen LogP) is 8.34. The molecular formula is C34H22N4. The van der Waals surface area contributed by atoms with Crippen LogP contribution in [0.25, 0.3) is 66.5 Å². The normalized spacial score (nSPS) is 11.7. The first-order valence-corrected chi connectivity index (χ1v) is 12.8. The molecule has 4 aromatic heterocycles. The van der Waals surface area contributed by atoms with E-state index in [1.165, 1.54) is 16.5 Å². The predicted molar refractivity (Wildman–Crippen MR) is 156 cm³/mol. The van der Waals surface area contributed by atoms with E-state index in [0.717, 1.165) is 50.0 Å². The lowest BCUT2D eigenvalue weighted by molar-refractivity contribution is 1.14. The van der Waals surface area contributed by atoms with Crippen molar-refractivity contribution < 1.29 is 0 Å². The molecule has 0 unspecified atom stereocenters. The van der Waals surface area contributed by atoms with Crippen LogP contribution in [0.3, 0.4) is 0 Å². The summed E-state index contributed by atoms with van der Waals surface area (Å²) in [5.41, 5.74) is 10.6. The molecule has 4 aromatic carbocycles. The minimum atomic E-state index is 0.903. The number of fused-ring (bicyclic) bond motifs is 6. The van der Waals surface area contributed by atoms with Gasteiger partial charge in [-0.1, -0.05) is 78.9 Å². The van der Waals surface area contributed by atoms with Gasteiger partial charge in [0.1, 0.15) is 16.7 Å². The first-order valence-electron chi connectivity index (χ1n) is 12.8. The summed E-state index contributed by atoms with van der Waals surface area (Å²) in [5, 5.41) is 2.31. The molecule has 0 atom stereocenters. The topological polar surface area (TPSA) is 35.6 Å². The van der Waals surface area contributed by atoms with E-state index in [2.05, 4.69) is 118 Å². The summed E-state index contributed by atoms with van der Waals surface area (Å²) < 4.78 is 4.54. The number of benzene rings is 4. The number of nitrogens with zero attached hydrogens (tertiary/aromatic N) is 4. The van der Waals surface area contributed by atoms with Crippen LogP contribution in [0.15, 0.2) is 134 Å². The molecule has 0 N–H and O–H groups in total. The maximum Gasteiger partial charge on any atom is 0.146 e. The molecule has 4 heteroatoms. The SMILES string of the molecule is c1ccc(-c2ccc(-n3c4cccnc4c4nc5c(cc43)c3ccccc3n5-c3ccccc3)cc2)cc1. The molecule has 0 bridgehead atoms. The molecule has 0 aliphatic heterocycles. The van der Waals surface area contributed by atoms with Gasteiger partial charge in [0.15, 0.2) is 0 Å². The lowest BCUT2D eigenvalue weighted by Gasteiger charge is -2.09. The van der Waals surface area contributed by atoms with Crippen LogP contribution in [-0.2, 0) is 0 Å². The maximum absolute atomic E-state index is 5.31. The van der Waals surface area contributed by atoms with Gasteiger partial charge in [-0.15, -0.1) is 0 Å². The van der Waals surface area contributed by atoms with Crippen molar-refractivity contribution in [2.75, 3.05) is 0 Å². The van der Waals surface area contributed by atoms with Crippen LogP contribution in [0, 0.1) is 0 Å². The van der Waals surface area contributed by atoms with Gasteiger partial charge in [-0.3, -0.25) is 9.55 Å². The molecule has 4 heterocycles. The van der Waals surface area contributed by atoms with Gasteiger partial charge in [-0.05, 0) is 59.7 Å². The van der Waals surface area contributed by atoms with Crippen LogP contribution in [0.5, 0.6) is 0 Å². The number of rotatable bonds is 3. The molecule has 38 heavy (non-hydrogen) atoms. The van der Waals surface area contributed by atoms with E-state index in [4.69, 9.17) is 9.97 Å². The van der Waals surface area contributed by atoms with Gasteiger partial charge in [0.25, 0.3) is 0 Å². The van der Waals surface area contributed by atoms with Crippen molar-refractivity contribution in [2.24, 2.45) is 0 Å². The summed E-state index contributed by atoms with van der Waals surface area (Å²) in [6.07, 6.45) is 1.85. The molecule has 4 nitrogen and oxygen atoms in total.